The van der Waals surface area contributed by atoms with Crippen molar-refractivity contribution in [3.63, 3.8) is 0 Å². The number of furan rings is 1. The van der Waals surface area contributed by atoms with Gasteiger partial charge in [0.15, 0.2) is 11.5 Å². The SMILES string of the molecule is COC(=O)c1ccc2oc(C(C)=O)cc2c1. The monoisotopic (exact) mass is 218 g/mol. The van der Waals surface area contributed by atoms with Crippen LogP contribution in [0.1, 0.15) is 27.8 Å². The lowest BCUT2D eigenvalue weighted by Crippen LogP contribution is -1.99. The maximum atomic E-state index is 11.3. The summed E-state index contributed by atoms with van der Waals surface area (Å²) in [4.78, 5) is 22.4. The van der Waals surface area contributed by atoms with E-state index in [1.807, 2.05) is 0 Å². The van der Waals surface area contributed by atoms with Crippen LogP contribution < -0.4 is 0 Å². The molecule has 0 aliphatic heterocycles. The van der Waals surface area contributed by atoms with E-state index in [9.17, 15) is 9.59 Å². The van der Waals surface area contributed by atoms with Gasteiger partial charge in [0.05, 0.1) is 12.7 Å². The van der Waals surface area contributed by atoms with Gasteiger partial charge in [-0.1, -0.05) is 0 Å². The third-order valence-electron chi connectivity index (χ3n) is 2.28. The van der Waals surface area contributed by atoms with Crippen molar-refractivity contribution in [2.24, 2.45) is 0 Å². The van der Waals surface area contributed by atoms with Crippen LogP contribution in [0.4, 0.5) is 0 Å². The second-order valence-electron chi connectivity index (χ2n) is 3.41. The summed E-state index contributed by atoms with van der Waals surface area (Å²) < 4.78 is 9.90. The van der Waals surface area contributed by atoms with Gasteiger partial charge in [-0.15, -0.1) is 0 Å². The summed E-state index contributed by atoms with van der Waals surface area (Å²) in [6, 6.07) is 6.50. The molecule has 2 aromatic rings. The van der Waals surface area contributed by atoms with Gasteiger partial charge in [-0.2, -0.15) is 0 Å². The van der Waals surface area contributed by atoms with Crippen molar-refractivity contribution in [3.8, 4) is 0 Å². The molecule has 82 valence electrons. The molecular weight excluding hydrogens is 208 g/mol. The standard InChI is InChI=1S/C12H10O4/c1-7(13)11-6-9-5-8(12(14)15-2)3-4-10(9)16-11/h3-6H,1-2H3. The fourth-order valence-electron chi connectivity index (χ4n) is 1.46. The molecule has 0 saturated carbocycles. The van der Waals surface area contributed by atoms with Crippen molar-refractivity contribution in [1.29, 1.82) is 0 Å². The minimum absolute atomic E-state index is 0.143. The predicted molar refractivity (Wildman–Crippen MR) is 57.6 cm³/mol. The molecule has 0 amide bonds. The highest BCUT2D eigenvalue weighted by molar-refractivity contribution is 5.98. The second-order valence-corrected chi connectivity index (χ2v) is 3.41. The van der Waals surface area contributed by atoms with E-state index in [4.69, 9.17) is 4.42 Å². The first kappa shape index (κ1) is 10.4. The number of ether oxygens (including phenoxy) is 1. The van der Waals surface area contributed by atoms with Crippen molar-refractivity contribution >= 4 is 22.7 Å². The molecule has 0 atom stereocenters. The quantitative estimate of drug-likeness (QED) is 0.573. The van der Waals surface area contributed by atoms with Crippen LogP contribution in [0.25, 0.3) is 11.0 Å². The van der Waals surface area contributed by atoms with Crippen LogP contribution in [-0.2, 0) is 4.74 Å². The summed E-state index contributed by atoms with van der Waals surface area (Å²) in [5, 5.41) is 0.716. The summed E-state index contributed by atoms with van der Waals surface area (Å²) in [6.07, 6.45) is 0. The Bertz CT molecular complexity index is 565. The molecule has 16 heavy (non-hydrogen) atoms. The van der Waals surface area contributed by atoms with Gasteiger partial charge in [0, 0.05) is 12.3 Å². The van der Waals surface area contributed by atoms with Gasteiger partial charge in [0.25, 0.3) is 0 Å². The topological polar surface area (TPSA) is 56.5 Å². The van der Waals surface area contributed by atoms with Crippen LogP contribution in [-0.4, -0.2) is 18.9 Å². The predicted octanol–water partition coefficient (Wildman–Crippen LogP) is 2.42. The summed E-state index contributed by atoms with van der Waals surface area (Å²) in [6.45, 7) is 1.43. The normalized spacial score (nSPS) is 10.4. The Balaban J connectivity index is 2.53. The number of esters is 1. The summed E-state index contributed by atoms with van der Waals surface area (Å²) in [5.74, 6) is -0.264. The fourth-order valence-corrected chi connectivity index (χ4v) is 1.46. The Morgan fingerprint density at radius 1 is 1.25 bits per heavy atom. The molecule has 0 fully saturated rings. The highest BCUT2D eigenvalue weighted by Crippen LogP contribution is 2.21. The number of hydrogen-bond donors (Lipinski definition) is 0. The van der Waals surface area contributed by atoms with Crippen LogP contribution in [0.15, 0.2) is 28.7 Å². The summed E-state index contributed by atoms with van der Waals surface area (Å²) in [7, 11) is 1.32. The number of benzene rings is 1. The molecule has 0 aliphatic rings. The molecule has 1 aromatic carbocycles. The number of hydrogen-bond acceptors (Lipinski definition) is 4. The van der Waals surface area contributed by atoms with Crippen molar-refractivity contribution < 1.29 is 18.7 Å². The number of rotatable bonds is 2. The smallest absolute Gasteiger partial charge is 0.337 e. The average molecular weight is 218 g/mol. The summed E-state index contributed by atoms with van der Waals surface area (Å²) in [5.41, 5.74) is 1.02. The lowest BCUT2D eigenvalue weighted by Gasteiger charge is -1.97. The van der Waals surface area contributed by atoms with Gasteiger partial charge in [-0.05, 0) is 24.3 Å². The van der Waals surface area contributed by atoms with Gasteiger partial charge in [0.2, 0.25) is 0 Å². The molecule has 0 unspecified atom stereocenters. The van der Waals surface area contributed by atoms with Crippen LogP contribution in [0.5, 0.6) is 0 Å². The highest BCUT2D eigenvalue weighted by Gasteiger charge is 2.11. The van der Waals surface area contributed by atoms with Gasteiger partial charge in [0.1, 0.15) is 5.58 Å². The van der Waals surface area contributed by atoms with E-state index < -0.39 is 5.97 Å². The van der Waals surface area contributed by atoms with Crippen molar-refractivity contribution in [1.82, 2.24) is 0 Å². The number of carbonyl (C=O) groups excluding carboxylic acids is 2. The molecule has 0 spiro atoms. The highest BCUT2D eigenvalue weighted by atomic mass is 16.5. The Morgan fingerprint density at radius 3 is 2.62 bits per heavy atom. The van der Waals surface area contributed by atoms with Gasteiger partial charge in [-0.3, -0.25) is 4.79 Å². The van der Waals surface area contributed by atoms with Crippen molar-refractivity contribution in [2.75, 3.05) is 7.11 Å². The van der Waals surface area contributed by atoms with E-state index in [0.717, 1.165) is 0 Å². The first-order valence-electron chi connectivity index (χ1n) is 4.74. The lowest BCUT2D eigenvalue weighted by molar-refractivity contribution is 0.0601. The maximum Gasteiger partial charge on any atom is 0.337 e. The molecule has 0 radical (unpaired) electrons. The van der Waals surface area contributed by atoms with Gasteiger partial charge < -0.3 is 9.15 Å². The fraction of sp³-hybridized carbons (Fsp3) is 0.167. The molecule has 0 N–H and O–H groups in total. The Labute approximate surface area is 91.8 Å². The number of carbonyl (C=O) groups is 2. The van der Waals surface area contributed by atoms with E-state index >= 15 is 0 Å². The van der Waals surface area contributed by atoms with E-state index in [0.29, 0.717) is 16.5 Å². The third-order valence-corrected chi connectivity index (χ3v) is 2.28. The first-order valence-corrected chi connectivity index (χ1v) is 4.74. The lowest BCUT2D eigenvalue weighted by atomic mass is 10.1. The van der Waals surface area contributed by atoms with E-state index in [1.54, 1.807) is 24.3 Å². The van der Waals surface area contributed by atoms with Gasteiger partial charge in [-0.25, -0.2) is 4.79 Å². The molecule has 1 heterocycles. The first-order chi connectivity index (χ1) is 7.61. The molecule has 0 saturated heterocycles. The molecule has 0 bridgehead atoms. The van der Waals surface area contributed by atoms with Crippen molar-refractivity contribution in [3.05, 3.63) is 35.6 Å². The number of methoxy groups -OCH3 is 1. The number of ketones is 1. The molecule has 4 nitrogen and oxygen atoms in total. The van der Waals surface area contributed by atoms with Crippen LogP contribution in [0, 0.1) is 0 Å². The number of fused-ring (bicyclic) bond motifs is 1. The largest absolute Gasteiger partial charge is 0.465 e. The Morgan fingerprint density at radius 2 is 2.00 bits per heavy atom. The Hall–Kier alpha value is -2.10. The van der Waals surface area contributed by atoms with Crippen LogP contribution in [0.2, 0.25) is 0 Å². The molecular formula is C12H10O4. The number of Topliss-reactive ketones (excluding diaryl/α,β-unsaturated/α-hetero) is 1. The van der Waals surface area contributed by atoms with Crippen molar-refractivity contribution in [2.45, 2.75) is 6.92 Å². The second kappa shape index (κ2) is 3.81. The minimum Gasteiger partial charge on any atom is -0.465 e. The van der Waals surface area contributed by atoms with Crippen LogP contribution >= 0.6 is 0 Å². The molecule has 4 heteroatoms. The maximum absolute atomic E-state index is 11.3. The molecule has 2 rings (SSSR count). The van der Waals surface area contributed by atoms with Crippen LogP contribution in [0.3, 0.4) is 0 Å². The average Bonchev–Trinajstić information content (AvgIpc) is 2.70. The van der Waals surface area contributed by atoms with E-state index in [1.165, 1.54) is 14.0 Å². The zero-order valence-corrected chi connectivity index (χ0v) is 8.94. The summed E-state index contributed by atoms with van der Waals surface area (Å²) >= 11 is 0. The van der Waals surface area contributed by atoms with Gasteiger partial charge >= 0.3 is 5.97 Å². The zero-order chi connectivity index (χ0) is 11.7. The Kier molecular flexibility index (Phi) is 2.48. The zero-order valence-electron chi connectivity index (χ0n) is 8.94. The third kappa shape index (κ3) is 1.69. The molecule has 0 aliphatic carbocycles. The van der Waals surface area contributed by atoms with E-state index in [-0.39, 0.29) is 11.5 Å². The minimum atomic E-state index is -0.410. The molecule has 1 aromatic heterocycles. The van der Waals surface area contributed by atoms with E-state index in [2.05, 4.69) is 4.74 Å².